The minimum Gasteiger partial charge on any atom is -0.478 e. The normalized spacial score (nSPS) is 14.0. The fourth-order valence-electron chi connectivity index (χ4n) is 2.38. The Morgan fingerprint density at radius 2 is 1.86 bits per heavy atom. The van der Waals surface area contributed by atoms with Gasteiger partial charge in [-0.2, -0.15) is 0 Å². The first kappa shape index (κ1) is 20.5. The number of ketones is 1. The summed E-state index contributed by atoms with van der Waals surface area (Å²) in [6.45, 7) is 5.52. The highest BCUT2D eigenvalue weighted by molar-refractivity contribution is 5.81. The number of Topliss-reactive ketones (excluding diaryl/α,β-unsaturated/α-hetero) is 1. The summed E-state index contributed by atoms with van der Waals surface area (Å²) >= 11 is 0. The van der Waals surface area contributed by atoms with Crippen LogP contribution >= 0.6 is 0 Å². The lowest BCUT2D eigenvalue weighted by Gasteiger charge is -2.11. The number of hydrogen-bond donors (Lipinski definition) is 2. The van der Waals surface area contributed by atoms with E-state index in [0.29, 0.717) is 12.3 Å². The van der Waals surface area contributed by atoms with Gasteiger partial charge in [-0.05, 0) is 38.2 Å². The van der Waals surface area contributed by atoms with Crippen LogP contribution in [0.25, 0.3) is 0 Å². The van der Waals surface area contributed by atoms with Gasteiger partial charge in [-0.3, -0.25) is 4.79 Å². The lowest BCUT2D eigenvalue weighted by molar-refractivity contribution is -0.131. The standard InChI is InChI=1S/C17H28O5/c1-13(6-4-5-7-16(19)11-22-12-18)8-14(2)9-15(3)10-17(20)21/h9-10,13,18H,4-8,11-12H2,1-3H3,(H,20,21)/b14-9-,15-10+. The summed E-state index contributed by atoms with van der Waals surface area (Å²) in [6.07, 6.45) is 7.35. The van der Waals surface area contributed by atoms with E-state index in [2.05, 4.69) is 11.7 Å². The molecule has 0 spiro atoms. The van der Waals surface area contributed by atoms with Crippen LogP contribution < -0.4 is 0 Å². The van der Waals surface area contributed by atoms with Crippen molar-refractivity contribution >= 4 is 11.8 Å². The Bertz CT molecular complexity index is 409. The van der Waals surface area contributed by atoms with Gasteiger partial charge in [0.05, 0.1) is 0 Å². The second-order valence-corrected chi connectivity index (χ2v) is 5.79. The molecule has 0 heterocycles. The van der Waals surface area contributed by atoms with Crippen LogP contribution in [0, 0.1) is 5.92 Å². The van der Waals surface area contributed by atoms with Gasteiger partial charge in [0.2, 0.25) is 0 Å². The predicted octanol–water partition coefficient (Wildman–Crippen LogP) is 3.09. The molecule has 0 aromatic rings. The highest BCUT2D eigenvalue weighted by Crippen LogP contribution is 2.19. The molecule has 0 bridgehead atoms. The SMILES string of the molecule is C/C(=C/C(C)=C/C(=O)O)CC(C)CCCCC(=O)COCO. The molecule has 0 aliphatic rings. The minimum atomic E-state index is -0.926. The number of rotatable bonds is 12. The summed E-state index contributed by atoms with van der Waals surface area (Å²) in [5.41, 5.74) is 1.90. The number of hydrogen-bond acceptors (Lipinski definition) is 4. The number of carbonyl (C=O) groups excluding carboxylic acids is 1. The third-order valence-corrected chi connectivity index (χ3v) is 3.25. The van der Waals surface area contributed by atoms with Gasteiger partial charge in [-0.15, -0.1) is 0 Å². The second-order valence-electron chi connectivity index (χ2n) is 5.79. The number of ether oxygens (including phenoxy) is 1. The molecule has 0 aromatic heterocycles. The summed E-state index contributed by atoms with van der Waals surface area (Å²) < 4.78 is 4.64. The van der Waals surface area contributed by atoms with E-state index >= 15 is 0 Å². The minimum absolute atomic E-state index is 0.0108. The van der Waals surface area contributed by atoms with Gasteiger partial charge in [0.1, 0.15) is 13.4 Å². The van der Waals surface area contributed by atoms with Crippen molar-refractivity contribution in [2.24, 2.45) is 5.92 Å². The van der Waals surface area contributed by atoms with E-state index in [1.165, 1.54) is 6.08 Å². The molecular formula is C17H28O5. The van der Waals surface area contributed by atoms with Gasteiger partial charge in [0.15, 0.2) is 5.78 Å². The molecule has 22 heavy (non-hydrogen) atoms. The molecule has 1 unspecified atom stereocenters. The van der Waals surface area contributed by atoms with E-state index in [1.807, 2.05) is 13.0 Å². The lowest BCUT2D eigenvalue weighted by Crippen LogP contribution is -2.09. The average molecular weight is 312 g/mol. The van der Waals surface area contributed by atoms with Crippen LogP contribution in [0.2, 0.25) is 0 Å². The van der Waals surface area contributed by atoms with Crippen molar-refractivity contribution in [1.82, 2.24) is 0 Å². The zero-order chi connectivity index (χ0) is 17.0. The fourth-order valence-corrected chi connectivity index (χ4v) is 2.38. The smallest absolute Gasteiger partial charge is 0.328 e. The molecule has 0 saturated carbocycles. The molecule has 0 radical (unpaired) electrons. The Hall–Kier alpha value is -1.46. The number of aliphatic carboxylic acids is 1. The number of aliphatic hydroxyl groups excluding tert-OH is 1. The molecule has 0 aromatic carbocycles. The third-order valence-electron chi connectivity index (χ3n) is 3.25. The van der Waals surface area contributed by atoms with E-state index in [0.717, 1.165) is 36.8 Å². The first-order valence-corrected chi connectivity index (χ1v) is 7.63. The van der Waals surface area contributed by atoms with Crippen molar-refractivity contribution in [3.05, 3.63) is 23.3 Å². The van der Waals surface area contributed by atoms with Crippen LogP contribution in [0.3, 0.4) is 0 Å². The Morgan fingerprint density at radius 3 is 2.45 bits per heavy atom. The summed E-state index contributed by atoms with van der Waals surface area (Å²) in [4.78, 5) is 21.9. The van der Waals surface area contributed by atoms with Crippen LogP contribution in [0.4, 0.5) is 0 Å². The van der Waals surface area contributed by atoms with Gasteiger partial charge in [0, 0.05) is 12.5 Å². The summed E-state index contributed by atoms with van der Waals surface area (Å²) in [6, 6.07) is 0. The summed E-state index contributed by atoms with van der Waals surface area (Å²) in [7, 11) is 0. The predicted molar refractivity (Wildman–Crippen MR) is 85.4 cm³/mol. The highest BCUT2D eigenvalue weighted by atomic mass is 16.6. The van der Waals surface area contributed by atoms with Crippen molar-refractivity contribution in [3.8, 4) is 0 Å². The van der Waals surface area contributed by atoms with Crippen molar-refractivity contribution in [2.45, 2.75) is 52.9 Å². The maximum Gasteiger partial charge on any atom is 0.328 e. The lowest BCUT2D eigenvalue weighted by atomic mass is 9.95. The van der Waals surface area contributed by atoms with Gasteiger partial charge < -0.3 is 14.9 Å². The zero-order valence-corrected chi connectivity index (χ0v) is 13.8. The topological polar surface area (TPSA) is 83.8 Å². The van der Waals surface area contributed by atoms with Crippen molar-refractivity contribution in [2.75, 3.05) is 13.4 Å². The first-order valence-electron chi connectivity index (χ1n) is 7.63. The molecule has 0 aliphatic heterocycles. The van der Waals surface area contributed by atoms with E-state index in [4.69, 9.17) is 10.2 Å². The molecular weight excluding hydrogens is 284 g/mol. The average Bonchev–Trinajstić information content (AvgIpc) is 2.39. The van der Waals surface area contributed by atoms with E-state index in [1.54, 1.807) is 6.92 Å². The fraction of sp³-hybridized carbons (Fsp3) is 0.647. The van der Waals surface area contributed by atoms with E-state index < -0.39 is 12.8 Å². The van der Waals surface area contributed by atoms with Crippen molar-refractivity contribution < 1.29 is 24.5 Å². The van der Waals surface area contributed by atoms with Crippen molar-refractivity contribution in [3.63, 3.8) is 0 Å². The molecule has 0 amide bonds. The molecule has 0 fully saturated rings. The molecule has 5 nitrogen and oxygen atoms in total. The Kier molecular flexibility index (Phi) is 11.3. The molecule has 0 aliphatic carbocycles. The second kappa shape index (κ2) is 12.1. The number of carbonyl (C=O) groups is 2. The Labute approximate surface area is 132 Å². The maximum absolute atomic E-state index is 11.3. The number of allylic oxidation sites excluding steroid dienone is 3. The quantitative estimate of drug-likeness (QED) is 0.250. The summed E-state index contributed by atoms with van der Waals surface area (Å²) in [5, 5.41) is 17.1. The molecule has 126 valence electrons. The van der Waals surface area contributed by atoms with Crippen LogP contribution in [-0.4, -0.2) is 35.4 Å². The number of unbranched alkanes of at least 4 members (excludes halogenated alkanes) is 1. The van der Waals surface area contributed by atoms with E-state index in [9.17, 15) is 9.59 Å². The highest BCUT2D eigenvalue weighted by Gasteiger charge is 2.06. The first-order chi connectivity index (χ1) is 10.3. The molecule has 0 saturated heterocycles. The zero-order valence-electron chi connectivity index (χ0n) is 13.8. The number of aliphatic hydroxyl groups is 1. The monoisotopic (exact) mass is 312 g/mol. The molecule has 1 atom stereocenters. The van der Waals surface area contributed by atoms with Crippen LogP contribution in [-0.2, 0) is 14.3 Å². The van der Waals surface area contributed by atoms with Gasteiger partial charge in [-0.1, -0.05) is 31.4 Å². The molecule has 2 N–H and O–H groups in total. The number of carboxylic acid groups (broad SMARTS) is 1. The Morgan fingerprint density at radius 1 is 1.18 bits per heavy atom. The number of carboxylic acids is 1. The van der Waals surface area contributed by atoms with Crippen LogP contribution in [0.15, 0.2) is 23.3 Å². The van der Waals surface area contributed by atoms with Crippen LogP contribution in [0.5, 0.6) is 0 Å². The van der Waals surface area contributed by atoms with Gasteiger partial charge in [0.25, 0.3) is 0 Å². The third kappa shape index (κ3) is 12.3. The van der Waals surface area contributed by atoms with Gasteiger partial charge >= 0.3 is 5.97 Å². The van der Waals surface area contributed by atoms with Gasteiger partial charge in [-0.25, -0.2) is 4.79 Å². The Balaban J connectivity index is 3.94. The van der Waals surface area contributed by atoms with Crippen molar-refractivity contribution in [1.29, 1.82) is 0 Å². The summed E-state index contributed by atoms with van der Waals surface area (Å²) in [5.74, 6) is -0.408. The molecule has 0 rings (SSSR count). The van der Waals surface area contributed by atoms with E-state index in [-0.39, 0.29) is 12.4 Å². The molecule has 5 heteroatoms. The largest absolute Gasteiger partial charge is 0.478 e. The maximum atomic E-state index is 11.3. The van der Waals surface area contributed by atoms with Crippen LogP contribution in [0.1, 0.15) is 52.9 Å².